The zero-order valence-corrected chi connectivity index (χ0v) is 14.2. The van der Waals surface area contributed by atoms with Gasteiger partial charge in [0.05, 0.1) is 17.2 Å². The van der Waals surface area contributed by atoms with Crippen molar-refractivity contribution in [3.05, 3.63) is 52.0 Å². The number of anilines is 1. The van der Waals surface area contributed by atoms with Crippen molar-refractivity contribution < 1.29 is 4.74 Å². The highest BCUT2D eigenvalue weighted by Crippen LogP contribution is 2.49. The molecule has 0 saturated carbocycles. The molecule has 0 radical (unpaired) electrons. The van der Waals surface area contributed by atoms with E-state index in [-0.39, 0.29) is 11.6 Å². The molecule has 0 spiro atoms. The molecule has 4 rings (SSSR count). The lowest BCUT2D eigenvalue weighted by Crippen LogP contribution is -2.48. The predicted octanol–water partition coefficient (Wildman–Crippen LogP) is 2.30. The molecule has 24 heavy (non-hydrogen) atoms. The molecule has 2 aliphatic heterocycles. The Morgan fingerprint density at radius 3 is 2.83 bits per heavy atom. The van der Waals surface area contributed by atoms with E-state index in [9.17, 15) is 4.79 Å². The Balaban J connectivity index is 2.19. The molecule has 2 aromatic rings. The van der Waals surface area contributed by atoms with E-state index < -0.39 is 0 Å². The maximum atomic E-state index is 12.3. The van der Waals surface area contributed by atoms with Gasteiger partial charge >= 0.3 is 0 Å². The Hall–Kier alpha value is -2.53. The number of rotatable bonds is 1. The quantitative estimate of drug-likeness (QED) is 0.875. The molecule has 1 atom stereocenters. The van der Waals surface area contributed by atoms with Crippen molar-refractivity contribution in [1.82, 2.24) is 4.57 Å². The average molecular weight is 323 g/mol. The number of nitrogens with zero attached hydrogens (tertiary/aromatic N) is 2. The van der Waals surface area contributed by atoms with Gasteiger partial charge in [-0.1, -0.05) is 6.58 Å². The third kappa shape index (κ3) is 1.82. The SMILES string of the molecule is C=C1C=C(C)c2cc3c(C)cc(=O)n(C)c3c3c2N1[C@@H](CN)CO3. The van der Waals surface area contributed by atoms with E-state index in [2.05, 4.69) is 30.5 Å². The first-order valence-electron chi connectivity index (χ1n) is 8.11. The van der Waals surface area contributed by atoms with Crippen LogP contribution in [-0.2, 0) is 7.05 Å². The third-order valence-corrected chi connectivity index (χ3v) is 5.08. The molecule has 3 heterocycles. The topological polar surface area (TPSA) is 60.5 Å². The first-order valence-corrected chi connectivity index (χ1v) is 8.11. The molecule has 1 aromatic carbocycles. The summed E-state index contributed by atoms with van der Waals surface area (Å²) in [5.74, 6) is 0.754. The van der Waals surface area contributed by atoms with Crippen LogP contribution in [0.15, 0.2) is 35.3 Å². The van der Waals surface area contributed by atoms with Crippen LogP contribution in [-0.4, -0.2) is 23.8 Å². The van der Waals surface area contributed by atoms with Gasteiger partial charge in [0.1, 0.15) is 6.61 Å². The molecule has 2 aliphatic rings. The van der Waals surface area contributed by atoms with Gasteiger partial charge in [0, 0.05) is 36.3 Å². The lowest BCUT2D eigenvalue weighted by molar-refractivity contribution is 0.272. The second-order valence-corrected chi connectivity index (χ2v) is 6.61. The number of aryl methyl sites for hydroxylation is 2. The Morgan fingerprint density at radius 1 is 1.38 bits per heavy atom. The van der Waals surface area contributed by atoms with Crippen molar-refractivity contribution in [3.8, 4) is 5.75 Å². The van der Waals surface area contributed by atoms with Crippen molar-refractivity contribution in [1.29, 1.82) is 0 Å². The summed E-state index contributed by atoms with van der Waals surface area (Å²) in [4.78, 5) is 14.4. The number of aromatic nitrogens is 1. The fourth-order valence-corrected chi connectivity index (χ4v) is 3.80. The fraction of sp³-hybridized carbons (Fsp3) is 0.316. The molecule has 5 nitrogen and oxygen atoms in total. The number of fused-ring (bicyclic) bond motifs is 2. The number of allylic oxidation sites excluding steroid dienone is 2. The minimum atomic E-state index is -0.0331. The Kier molecular flexibility index (Phi) is 3.12. The first kappa shape index (κ1) is 15.0. The second-order valence-electron chi connectivity index (χ2n) is 6.61. The van der Waals surface area contributed by atoms with Gasteiger partial charge in [0.15, 0.2) is 5.75 Å². The molecular formula is C19H21N3O2. The maximum Gasteiger partial charge on any atom is 0.251 e. The molecule has 0 bridgehead atoms. The van der Waals surface area contributed by atoms with Crippen LogP contribution in [0.3, 0.4) is 0 Å². The summed E-state index contributed by atoms with van der Waals surface area (Å²) in [5.41, 5.74) is 11.9. The minimum absolute atomic E-state index is 0.0331. The summed E-state index contributed by atoms with van der Waals surface area (Å²) in [5, 5.41) is 1.04. The summed E-state index contributed by atoms with van der Waals surface area (Å²) in [7, 11) is 1.79. The molecule has 0 unspecified atom stereocenters. The molecule has 2 N–H and O–H groups in total. The van der Waals surface area contributed by atoms with Gasteiger partial charge in [-0.3, -0.25) is 4.79 Å². The third-order valence-electron chi connectivity index (χ3n) is 5.08. The number of nitrogens with two attached hydrogens (primary N) is 1. The van der Waals surface area contributed by atoms with Gasteiger partial charge in [0.25, 0.3) is 5.56 Å². The van der Waals surface area contributed by atoms with E-state index in [0.29, 0.717) is 13.2 Å². The van der Waals surface area contributed by atoms with Crippen LogP contribution in [0.2, 0.25) is 0 Å². The van der Waals surface area contributed by atoms with Crippen LogP contribution in [0.5, 0.6) is 5.75 Å². The van der Waals surface area contributed by atoms with Crippen LogP contribution in [0.25, 0.3) is 16.5 Å². The number of benzene rings is 1. The van der Waals surface area contributed by atoms with Crippen molar-refractivity contribution in [2.45, 2.75) is 19.9 Å². The summed E-state index contributed by atoms with van der Waals surface area (Å²) in [6.07, 6.45) is 2.09. The molecular weight excluding hydrogens is 302 g/mol. The van der Waals surface area contributed by atoms with E-state index in [0.717, 1.165) is 44.7 Å². The van der Waals surface area contributed by atoms with Crippen LogP contribution in [0.4, 0.5) is 5.69 Å². The zero-order valence-electron chi connectivity index (χ0n) is 14.2. The van der Waals surface area contributed by atoms with Crippen LogP contribution < -0.4 is 20.9 Å². The summed E-state index contributed by atoms with van der Waals surface area (Å²) >= 11 is 0. The lowest BCUT2D eigenvalue weighted by atomic mass is 9.92. The molecule has 0 aliphatic carbocycles. The van der Waals surface area contributed by atoms with Gasteiger partial charge in [-0.15, -0.1) is 0 Å². The van der Waals surface area contributed by atoms with E-state index in [1.165, 1.54) is 0 Å². The van der Waals surface area contributed by atoms with E-state index >= 15 is 0 Å². The minimum Gasteiger partial charge on any atom is -0.487 e. The van der Waals surface area contributed by atoms with Gasteiger partial charge < -0.3 is 19.9 Å². The summed E-state index contributed by atoms with van der Waals surface area (Å²) in [6.45, 7) is 9.20. The molecule has 0 saturated heterocycles. The highest BCUT2D eigenvalue weighted by molar-refractivity contribution is 6.01. The van der Waals surface area contributed by atoms with E-state index in [1.54, 1.807) is 17.7 Å². The Labute approximate surface area is 140 Å². The van der Waals surface area contributed by atoms with Gasteiger partial charge in [-0.05, 0) is 37.1 Å². The number of ether oxygens (including phenoxy) is 1. The molecule has 124 valence electrons. The largest absolute Gasteiger partial charge is 0.487 e. The van der Waals surface area contributed by atoms with Crippen LogP contribution >= 0.6 is 0 Å². The molecule has 0 amide bonds. The zero-order chi connectivity index (χ0) is 17.2. The van der Waals surface area contributed by atoms with E-state index in [1.807, 2.05) is 6.92 Å². The lowest BCUT2D eigenvalue weighted by Gasteiger charge is -2.42. The van der Waals surface area contributed by atoms with E-state index in [4.69, 9.17) is 10.5 Å². The Morgan fingerprint density at radius 2 is 2.12 bits per heavy atom. The van der Waals surface area contributed by atoms with Crippen molar-refractivity contribution in [2.75, 3.05) is 18.1 Å². The second kappa shape index (κ2) is 4.98. The standard InChI is InChI=1S/C19H21N3O2/c1-10-5-12(3)22-13(8-20)9-24-19-17-14(7-15(10)18(19)22)11(2)6-16(23)21(17)4/h5-7,13H,3,8-9,20H2,1-2,4H3/t13-/m0/s1. The Bertz CT molecular complexity index is 984. The average Bonchev–Trinajstić information content (AvgIpc) is 2.56. The number of pyridine rings is 1. The van der Waals surface area contributed by atoms with Gasteiger partial charge in [-0.2, -0.15) is 0 Å². The van der Waals surface area contributed by atoms with Gasteiger partial charge in [0.2, 0.25) is 0 Å². The smallest absolute Gasteiger partial charge is 0.251 e. The number of hydrogen-bond donors (Lipinski definition) is 1. The summed E-state index contributed by atoms with van der Waals surface area (Å²) < 4.78 is 7.79. The number of hydrogen-bond acceptors (Lipinski definition) is 4. The fourth-order valence-electron chi connectivity index (χ4n) is 3.80. The molecule has 1 aromatic heterocycles. The highest BCUT2D eigenvalue weighted by atomic mass is 16.5. The van der Waals surface area contributed by atoms with Crippen LogP contribution in [0.1, 0.15) is 18.1 Å². The predicted molar refractivity (Wildman–Crippen MR) is 97.5 cm³/mol. The van der Waals surface area contributed by atoms with Crippen molar-refractivity contribution >= 4 is 22.2 Å². The van der Waals surface area contributed by atoms with Crippen molar-refractivity contribution in [3.63, 3.8) is 0 Å². The first-order chi connectivity index (χ1) is 11.4. The van der Waals surface area contributed by atoms with Crippen LogP contribution in [0, 0.1) is 6.92 Å². The maximum absolute atomic E-state index is 12.3. The highest BCUT2D eigenvalue weighted by Gasteiger charge is 2.35. The van der Waals surface area contributed by atoms with Crippen molar-refractivity contribution in [2.24, 2.45) is 12.8 Å². The monoisotopic (exact) mass is 323 g/mol. The van der Waals surface area contributed by atoms with Gasteiger partial charge in [-0.25, -0.2) is 0 Å². The normalized spacial score (nSPS) is 19.2. The molecule has 0 fully saturated rings. The summed E-state index contributed by atoms with van der Waals surface area (Å²) in [6, 6.07) is 3.87. The molecule has 5 heteroatoms.